The fraction of sp³-hybridized carbons (Fsp3) is 0.400. The van der Waals surface area contributed by atoms with Crippen LogP contribution >= 0.6 is 12.6 Å². The van der Waals surface area contributed by atoms with E-state index in [1.165, 1.54) is 6.26 Å². The number of rotatable bonds is 6. The Morgan fingerprint density at radius 3 is 2.76 bits per heavy atom. The lowest BCUT2D eigenvalue weighted by Gasteiger charge is -2.16. The highest BCUT2D eigenvalue weighted by molar-refractivity contribution is 7.80. The number of hydrogen-bond acceptors (Lipinski definition) is 5. The summed E-state index contributed by atoms with van der Waals surface area (Å²) in [6.45, 7) is 0.0494. The zero-order valence-corrected chi connectivity index (χ0v) is 9.89. The molecule has 0 aromatic carbocycles. The van der Waals surface area contributed by atoms with Crippen molar-refractivity contribution in [2.45, 2.75) is 12.1 Å². The van der Waals surface area contributed by atoms with Crippen LogP contribution in [0.2, 0.25) is 0 Å². The van der Waals surface area contributed by atoms with Gasteiger partial charge in [0.2, 0.25) is 0 Å². The minimum Gasteiger partial charge on any atom is -0.484 e. The third-order valence-electron chi connectivity index (χ3n) is 2.05. The Kier molecular flexibility index (Phi) is 5.58. The van der Waals surface area contributed by atoms with Gasteiger partial charge in [-0.15, -0.1) is 0 Å². The Morgan fingerprint density at radius 2 is 2.24 bits per heavy atom. The molecule has 1 rings (SSSR count). The van der Waals surface area contributed by atoms with Gasteiger partial charge in [0.25, 0.3) is 5.91 Å². The van der Waals surface area contributed by atoms with Crippen molar-refractivity contribution < 1.29 is 19.4 Å². The molecule has 1 aliphatic rings. The first-order chi connectivity index (χ1) is 8.15. The molecule has 1 aliphatic heterocycles. The number of ether oxygens (including phenoxy) is 1. The van der Waals surface area contributed by atoms with Crippen molar-refractivity contribution in [3.8, 4) is 0 Å². The van der Waals surface area contributed by atoms with Crippen LogP contribution in [0.3, 0.4) is 0 Å². The van der Waals surface area contributed by atoms with Gasteiger partial charge in [0.15, 0.2) is 6.10 Å². The van der Waals surface area contributed by atoms with Crippen molar-refractivity contribution in [3.63, 3.8) is 0 Å². The normalized spacial score (nSPS) is 19.5. The van der Waals surface area contributed by atoms with Gasteiger partial charge in [-0.05, 0) is 12.2 Å². The van der Waals surface area contributed by atoms with Crippen LogP contribution in [0.5, 0.6) is 0 Å². The van der Waals surface area contributed by atoms with Gasteiger partial charge in [-0.3, -0.25) is 14.9 Å². The molecule has 1 heterocycles. The summed E-state index contributed by atoms with van der Waals surface area (Å²) in [5, 5.41) is 13.9. The highest BCUT2D eigenvalue weighted by Gasteiger charge is 2.18. The molecule has 0 saturated heterocycles. The minimum absolute atomic E-state index is 0.0494. The summed E-state index contributed by atoms with van der Waals surface area (Å²) in [5.74, 6) is -1.19. The third-order valence-corrected chi connectivity index (χ3v) is 2.42. The second-order valence-corrected chi connectivity index (χ2v) is 3.63. The van der Waals surface area contributed by atoms with Crippen LogP contribution < -0.4 is 10.6 Å². The first-order valence-electron chi connectivity index (χ1n) is 4.98. The lowest BCUT2D eigenvalue weighted by molar-refractivity contribution is -0.139. The largest absolute Gasteiger partial charge is 0.484 e. The maximum Gasteiger partial charge on any atom is 0.321 e. The molecule has 1 unspecified atom stereocenters. The molecule has 2 atom stereocenters. The van der Waals surface area contributed by atoms with Crippen LogP contribution in [0, 0.1) is 0 Å². The zero-order valence-electron chi connectivity index (χ0n) is 9.00. The molecule has 6 nitrogen and oxygen atoms in total. The highest BCUT2D eigenvalue weighted by Crippen LogP contribution is 2.01. The summed E-state index contributed by atoms with van der Waals surface area (Å²) < 4.78 is 5.03. The molecule has 17 heavy (non-hydrogen) atoms. The first kappa shape index (κ1) is 13.6. The number of nitrogens with one attached hydrogen (secondary N) is 2. The van der Waals surface area contributed by atoms with E-state index in [0.29, 0.717) is 0 Å². The SMILES string of the molecule is O=C(NCN[C@@H](CS)C(=O)O)C1C=CC=CO1. The van der Waals surface area contributed by atoms with Crippen LogP contribution in [-0.2, 0) is 14.3 Å². The number of allylic oxidation sites excluding steroid dienone is 2. The standard InChI is InChI=1S/C10H14N2O4S/c13-9(8-3-1-2-4-16-8)12-6-11-7(5-17)10(14)15/h1-4,7-8,11,17H,5-6H2,(H,12,13)(H,14,15)/t7-,8?/m0/s1. The average Bonchev–Trinajstić information content (AvgIpc) is 2.35. The number of thiol groups is 1. The lowest BCUT2D eigenvalue weighted by Crippen LogP contribution is -2.47. The summed E-state index contributed by atoms with van der Waals surface area (Å²) in [6, 6.07) is -0.790. The zero-order chi connectivity index (χ0) is 12.7. The van der Waals surface area contributed by atoms with E-state index in [9.17, 15) is 9.59 Å². The molecule has 94 valence electrons. The van der Waals surface area contributed by atoms with E-state index >= 15 is 0 Å². The lowest BCUT2D eigenvalue weighted by atomic mass is 10.2. The summed E-state index contributed by atoms with van der Waals surface area (Å²) in [4.78, 5) is 22.1. The smallest absolute Gasteiger partial charge is 0.321 e. The van der Waals surface area contributed by atoms with Crippen molar-refractivity contribution in [1.29, 1.82) is 0 Å². The van der Waals surface area contributed by atoms with E-state index in [4.69, 9.17) is 9.84 Å². The third kappa shape index (κ3) is 4.49. The molecular formula is C10H14N2O4S. The van der Waals surface area contributed by atoms with Crippen molar-refractivity contribution in [2.24, 2.45) is 0 Å². The van der Waals surface area contributed by atoms with Gasteiger partial charge in [-0.2, -0.15) is 12.6 Å². The monoisotopic (exact) mass is 258 g/mol. The molecule has 1 amide bonds. The summed E-state index contributed by atoms with van der Waals surface area (Å²) in [5.41, 5.74) is 0. The van der Waals surface area contributed by atoms with E-state index in [1.54, 1.807) is 18.2 Å². The average molecular weight is 258 g/mol. The van der Waals surface area contributed by atoms with Crippen molar-refractivity contribution in [1.82, 2.24) is 10.6 Å². The van der Waals surface area contributed by atoms with Gasteiger partial charge in [-0.25, -0.2) is 0 Å². The second kappa shape index (κ2) is 6.97. The van der Waals surface area contributed by atoms with Crippen molar-refractivity contribution in [2.75, 3.05) is 12.4 Å². The maximum atomic E-state index is 11.5. The Labute approximate surface area is 104 Å². The fourth-order valence-corrected chi connectivity index (χ4v) is 1.41. The van der Waals surface area contributed by atoms with Crippen LogP contribution in [0.1, 0.15) is 0 Å². The molecular weight excluding hydrogens is 244 g/mol. The van der Waals surface area contributed by atoms with Gasteiger partial charge in [-0.1, -0.05) is 6.08 Å². The van der Waals surface area contributed by atoms with E-state index < -0.39 is 18.1 Å². The summed E-state index contributed by atoms with van der Waals surface area (Å²) in [7, 11) is 0. The molecule has 0 aromatic rings. The van der Waals surface area contributed by atoms with E-state index in [0.717, 1.165) is 0 Å². The first-order valence-corrected chi connectivity index (χ1v) is 5.62. The number of carboxylic acids is 1. The Hall–Kier alpha value is -1.47. The Balaban J connectivity index is 2.26. The molecule has 0 fully saturated rings. The number of carboxylic acid groups (broad SMARTS) is 1. The molecule has 0 saturated carbocycles. The molecule has 7 heteroatoms. The number of amides is 1. The molecule has 0 bridgehead atoms. The highest BCUT2D eigenvalue weighted by atomic mass is 32.1. The summed E-state index contributed by atoms with van der Waals surface area (Å²) in [6.07, 6.45) is 5.73. The van der Waals surface area contributed by atoms with Crippen LogP contribution in [0.4, 0.5) is 0 Å². The Bertz CT molecular complexity index is 343. The van der Waals surface area contributed by atoms with Crippen molar-refractivity contribution in [3.05, 3.63) is 24.5 Å². The van der Waals surface area contributed by atoms with Gasteiger partial charge >= 0.3 is 5.97 Å². The molecule has 0 radical (unpaired) electrons. The minimum atomic E-state index is -1.01. The topological polar surface area (TPSA) is 87.7 Å². The van der Waals surface area contributed by atoms with E-state index in [-0.39, 0.29) is 18.3 Å². The van der Waals surface area contributed by atoms with Crippen LogP contribution in [0.25, 0.3) is 0 Å². The molecule has 3 N–H and O–H groups in total. The Morgan fingerprint density at radius 1 is 1.47 bits per heavy atom. The van der Waals surface area contributed by atoms with Gasteiger partial charge in [0.1, 0.15) is 6.04 Å². The predicted molar refractivity (Wildman–Crippen MR) is 64.6 cm³/mol. The fourth-order valence-electron chi connectivity index (χ4n) is 1.13. The number of carbonyl (C=O) groups excluding carboxylic acids is 1. The van der Waals surface area contributed by atoms with E-state index in [1.807, 2.05) is 0 Å². The predicted octanol–water partition coefficient (Wildman–Crippen LogP) is -0.499. The maximum absolute atomic E-state index is 11.5. The van der Waals surface area contributed by atoms with Gasteiger partial charge < -0.3 is 15.2 Å². The number of aliphatic carboxylic acids is 1. The quantitative estimate of drug-likeness (QED) is 0.381. The number of carbonyl (C=O) groups is 2. The van der Waals surface area contributed by atoms with Crippen molar-refractivity contribution >= 4 is 24.5 Å². The number of hydrogen-bond donors (Lipinski definition) is 4. The molecule has 0 aromatic heterocycles. The van der Waals surface area contributed by atoms with Crippen LogP contribution in [0.15, 0.2) is 24.5 Å². The van der Waals surface area contributed by atoms with Gasteiger partial charge in [0, 0.05) is 5.75 Å². The van der Waals surface area contributed by atoms with E-state index in [2.05, 4.69) is 23.3 Å². The molecule has 0 aliphatic carbocycles. The van der Waals surface area contributed by atoms with Crippen LogP contribution in [-0.4, -0.2) is 41.6 Å². The van der Waals surface area contributed by atoms with Gasteiger partial charge in [0.05, 0.1) is 12.9 Å². The second-order valence-electron chi connectivity index (χ2n) is 3.27. The summed E-state index contributed by atoms with van der Waals surface area (Å²) >= 11 is 3.88. The molecule has 0 spiro atoms.